The van der Waals surface area contributed by atoms with Gasteiger partial charge in [-0.3, -0.25) is 4.79 Å². The van der Waals surface area contributed by atoms with Crippen molar-refractivity contribution >= 4 is 11.8 Å². The number of rotatable bonds is 3. The first-order chi connectivity index (χ1) is 6.56. The van der Waals surface area contributed by atoms with E-state index in [0.717, 1.165) is 0 Å². The average Bonchev–Trinajstić information content (AvgIpc) is 2.17. The number of phenolic OH excluding ortho intramolecular Hbond substituents is 1. The van der Waals surface area contributed by atoms with Gasteiger partial charge >= 0.3 is 5.97 Å². The molecule has 74 valence electrons. The third kappa shape index (κ3) is 1.82. The molecule has 0 atom stereocenters. The van der Waals surface area contributed by atoms with Crippen molar-refractivity contribution in [3.63, 3.8) is 0 Å². The van der Waals surface area contributed by atoms with E-state index >= 15 is 0 Å². The normalized spacial score (nSPS) is 9.50. The Hall–Kier alpha value is -2.04. The van der Waals surface area contributed by atoms with Crippen LogP contribution in [0.1, 0.15) is 10.4 Å². The molecule has 5 nitrogen and oxygen atoms in total. The van der Waals surface area contributed by atoms with Crippen LogP contribution < -0.4 is 4.74 Å². The van der Waals surface area contributed by atoms with Gasteiger partial charge in [-0.15, -0.1) is 0 Å². The predicted molar refractivity (Wildman–Crippen MR) is 46.6 cm³/mol. The molecule has 0 saturated heterocycles. The van der Waals surface area contributed by atoms with Gasteiger partial charge in [-0.25, -0.2) is 4.79 Å². The molecule has 14 heavy (non-hydrogen) atoms. The van der Waals surface area contributed by atoms with Crippen LogP contribution in [-0.2, 0) is 4.79 Å². The summed E-state index contributed by atoms with van der Waals surface area (Å²) < 4.78 is 4.72. The zero-order valence-electron chi connectivity index (χ0n) is 7.35. The smallest absolute Gasteiger partial charge is 0.377 e. The topological polar surface area (TPSA) is 83.8 Å². The van der Waals surface area contributed by atoms with E-state index in [4.69, 9.17) is 9.84 Å². The van der Waals surface area contributed by atoms with Crippen molar-refractivity contribution in [2.45, 2.75) is 0 Å². The molecule has 0 radical (unpaired) electrons. The van der Waals surface area contributed by atoms with Crippen LogP contribution in [0.15, 0.2) is 18.2 Å². The minimum Gasteiger partial charge on any atom is -0.504 e. The Labute approximate surface area is 79.6 Å². The highest BCUT2D eigenvalue weighted by molar-refractivity contribution is 6.39. The molecule has 0 unspecified atom stereocenters. The second-order valence-electron chi connectivity index (χ2n) is 2.52. The summed E-state index contributed by atoms with van der Waals surface area (Å²) in [7, 11) is 1.31. The summed E-state index contributed by atoms with van der Waals surface area (Å²) in [6, 6.07) is 3.59. The van der Waals surface area contributed by atoms with Gasteiger partial charge in [0.05, 0.1) is 7.11 Å². The van der Waals surface area contributed by atoms with E-state index in [1.165, 1.54) is 25.3 Å². The quantitative estimate of drug-likeness (QED) is 0.548. The lowest BCUT2D eigenvalue weighted by molar-refractivity contribution is -0.131. The number of carboxylic acids is 1. The SMILES string of the molecule is COc1cc(C(=O)C(=O)O)ccc1O. The van der Waals surface area contributed by atoms with Gasteiger partial charge in [-0.05, 0) is 18.2 Å². The summed E-state index contributed by atoms with van der Waals surface area (Å²) in [6.07, 6.45) is 0. The van der Waals surface area contributed by atoms with Crippen molar-refractivity contribution < 1.29 is 24.5 Å². The Bertz CT molecular complexity index is 383. The highest BCUT2D eigenvalue weighted by Crippen LogP contribution is 2.26. The molecule has 0 spiro atoms. The van der Waals surface area contributed by atoms with E-state index < -0.39 is 11.8 Å². The number of phenols is 1. The Balaban J connectivity index is 3.12. The summed E-state index contributed by atoms with van der Waals surface area (Å²) >= 11 is 0. The van der Waals surface area contributed by atoms with Gasteiger partial charge in [0, 0.05) is 5.56 Å². The van der Waals surface area contributed by atoms with E-state index in [1.807, 2.05) is 0 Å². The standard InChI is InChI=1S/C9H8O5/c1-14-7-4-5(2-3-6(7)10)8(11)9(12)13/h2-4,10H,1H3,(H,12,13). The van der Waals surface area contributed by atoms with Crippen molar-refractivity contribution in [2.75, 3.05) is 7.11 Å². The molecule has 0 fully saturated rings. The highest BCUT2D eigenvalue weighted by Gasteiger charge is 2.16. The van der Waals surface area contributed by atoms with Gasteiger partial charge in [0.2, 0.25) is 0 Å². The molecule has 0 amide bonds. The molecule has 1 aromatic carbocycles. The molecule has 2 N–H and O–H groups in total. The van der Waals surface area contributed by atoms with E-state index in [2.05, 4.69) is 0 Å². The van der Waals surface area contributed by atoms with Crippen LogP contribution in [0, 0.1) is 0 Å². The maximum Gasteiger partial charge on any atom is 0.377 e. The summed E-state index contributed by atoms with van der Waals surface area (Å²) in [5.41, 5.74) is -0.0350. The lowest BCUT2D eigenvalue weighted by Gasteiger charge is -2.03. The molecule has 0 saturated carbocycles. The first kappa shape index (κ1) is 10.0. The van der Waals surface area contributed by atoms with Crippen LogP contribution in [0.3, 0.4) is 0 Å². The maximum absolute atomic E-state index is 11.0. The lowest BCUT2D eigenvalue weighted by atomic mass is 10.1. The fourth-order valence-electron chi connectivity index (χ4n) is 0.942. The summed E-state index contributed by atoms with van der Waals surface area (Å²) in [6.45, 7) is 0. The number of ether oxygens (including phenoxy) is 1. The number of benzene rings is 1. The maximum atomic E-state index is 11.0. The average molecular weight is 196 g/mol. The lowest BCUT2D eigenvalue weighted by Crippen LogP contribution is -2.12. The first-order valence-corrected chi connectivity index (χ1v) is 3.71. The summed E-state index contributed by atoms with van der Waals surface area (Å²) in [4.78, 5) is 21.3. The number of Topliss-reactive ketones (excluding diaryl/α,β-unsaturated/α-hetero) is 1. The number of hydrogen-bond acceptors (Lipinski definition) is 4. The van der Waals surface area contributed by atoms with Crippen molar-refractivity contribution in [1.29, 1.82) is 0 Å². The van der Waals surface area contributed by atoms with Crippen LogP contribution in [0.25, 0.3) is 0 Å². The van der Waals surface area contributed by atoms with Crippen LogP contribution in [0.2, 0.25) is 0 Å². The van der Waals surface area contributed by atoms with Crippen molar-refractivity contribution in [1.82, 2.24) is 0 Å². The second-order valence-corrected chi connectivity index (χ2v) is 2.52. The third-order valence-corrected chi connectivity index (χ3v) is 1.64. The Kier molecular flexibility index (Phi) is 2.71. The van der Waals surface area contributed by atoms with Crippen molar-refractivity contribution in [3.8, 4) is 11.5 Å². The van der Waals surface area contributed by atoms with Gasteiger partial charge in [0.1, 0.15) is 0 Å². The molecule has 1 rings (SSSR count). The zero-order chi connectivity index (χ0) is 10.7. The number of carbonyl (C=O) groups is 2. The number of hydrogen-bond donors (Lipinski definition) is 2. The van der Waals surface area contributed by atoms with Crippen LogP contribution in [-0.4, -0.2) is 29.1 Å². The van der Waals surface area contributed by atoms with E-state index in [9.17, 15) is 14.7 Å². The molecule has 0 bridgehead atoms. The number of carbonyl (C=O) groups excluding carboxylic acids is 1. The van der Waals surface area contributed by atoms with E-state index in [1.54, 1.807) is 0 Å². The molecule has 5 heteroatoms. The summed E-state index contributed by atoms with van der Waals surface area (Å²) in [5, 5.41) is 17.6. The van der Waals surface area contributed by atoms with Crippen LogP contribution in [0.4, 0.5) is 0 Å². The second kappa shape index (κ2) is 3.78. The van der Waals surface area contributed by atoms with Crippen LogP contribution >= 0.6 is 0 Å². The van der Waals surface area contributed by atoms with Crippen LogP contribution in [0.5, 0.6) is 11.5 Å². The minimum absolute atomic E-state index is 0.0350. The number of aromatic hydroxyl groups is 1. The Morgan fingerprint density at radius 3 is 2.50 bits per heavy atom. The zero-order valence-corrected chi connectivity index (χ0v) is 7.35. The number of ketones is 1. The molecule has 0 aliphatic heterocycles. The minimum atomic E-state index is -1.54. The van der Waals surface area contributed by atoms with Gasteiger partial charge in [-0.1, -0.05) is 0 Å². The fourth-order valence-corrected chi connectivity index (χ4v) is 0.942. The van der Waals surface area contributed by atoms with E-state index in [0.29, 0.717) is 0 Å². The molecule has 0 heterocycles. The van der Waals surface area contributed by atoms with Crippen molar-refractivity contribution in [2.24, 2.45) is 0 Å². The Morgan fingerprint density at radius 1 is 1.36 bits per heavy atom. The largest absolute Gasteiger partial charge is 0.504 e. The molecular weight excluding hydrogens is 188 g/mol. The third-order valence-electron chi connectivity index (χ3n) is 1.64. The molecule has 0 aliphatic carbocycles. The Morgan fingerprint density at radius 2 is 2.00 bits per heavy atom. The van der Waals surface area contributed by atoms with Gasteiger partial charge < -0.3 is 14.9 Å². The predicted octanol–water partition coefficient (Wildman–Crippen LogP) is 0.668. The van der Waals surface area contributed by atoms with E-state index in [-0.39, 0.29) is 17.1 Å². The molecule has 0 aliphatic rings. The van der Waals surface area contributed by atoms with Crippen molar-refractivity contribution in [3.05, 3.63) is 23.8 Å². The summed E-state index contributed by atoms with van der Waals surface area (Å²) in [5.74, 6) is -2.66. The number of methoxy groups -OCH3 is 1. The van der Waals surface area contributed by atoms with Gasteiger partial charge in [-0.2, -0.15) is 0 Å². The van der Waals surface area contributed by atoms with Gasteiger partial charge in [0.25, 0.3) is 5.78 Å². The number of aliphatic carboxylic acids is 1. The monoisotopic (exact) mass is 196 g/mol. The van der Waals surface area contributed by atoms with Gasteiger partial charge in [0.15, 0.2) is 11.5 Å². The molecule has 1 aromatic rings. The first-order valence-electron chi connectivity index (χ1n) is 3.71. The number of carboxylic acid groups (broad SMARTS) is 1. The fraction of sp³-hybridized carbons (Fsp3) is 0.111. The molecule has 0 aromatic heterocycles. The highest BCUT2D eigenvalue weighted by atomic mass is 16.5. The molecular formula is C9H8O5.